The molecular weight excluding hydrogens is 400 g/mol. The van der Waals surface area contributed by atoms with Crippen molar-refractivity contribution < 1.29 is 19.1 Å². The Morgan fingerprint density at radius 3 is 1.68 bits per heavy atom. The van der Waals surface area contributed by atoms with Gasteiger partial charge in [0.05, 0.1) is 35.2 Å². The normalized spacial score (nSPS) is 27.0. The predicted octanol–water partition coefficient (Wildman–Crippen LogP) is 1.01. The van der Waals surface area contributed by atoms with E-state index in [1.807, 2.05) is 0 Å². The molecule has 0 aromatic carbocycles. The number of nitrogens with one attached hydrogen (secondary N) is 2. The summed E-state index contributed by atoms with van der Waals surface area (Å²) in [6, 6.07) is 0.223. The molecule has 0 amide bonds. The second-order valence-corrected chi connectivity index (χ2v) is 7.21. The van der Waals surface area contributed by atoms with Crippen LogP contribution in [0.25, 0.3) is 0 Å². The molecule has 0 aromatic heterocycles. The summed E-state index contributed by atoms with van der Waals surface area (Å²) in [6.07, 6.45) is 2.84. The van der Waals surface area contributed by atoms with Crippen molar-refractivity contribution in [3.8, 4) is 0 Å². The van der Waals surface area contributed by atoms with Gasteiger partial charge < -0.3 is 20.1 Å². The number of hydrogen-bond donors (Lipinski definition) is 2. The van der Waals surface area contributed by atoms with E-state index in [4.69, 9.17) is 9.47 Å². The quantitative estimate of drug-likeness (QED) is 0.244. The summed E-state index contributed by atoms with van der Waals surface area (Å²) < 4.78 is 10.6. The van der Waals surface area contributed by atoms with E-state index in [9.17, 15) is 9.59 Å². The molecule has 154 valence electrons. The number of aliphatic imine (C=N–C) groups is 2. The summed E-state index contributed by atoms with van der Waals surface area (Å²) in [6.45, 7) is 2.61. The van der Waals surface area contributed by atoms with Crippen LogP contribution in [-0.4, -0.2) is 73.7 Å². The molecule has 0 bridgehead atoms. The molecule has 2 aliphatic rings. The van der Waals surface area contributed by atoms with Crippen LogP contribution in [0.3, 0.4) is 0 Å². The van der Waals surface area contributed by atoms with Crippen molar-refractivity contribution in [2.24, 2.45) is 21.8 Å². The van der Waals surface area contributed by atoms with E-state index >= 15 is 0 Å². The van der Waals surface area contributed by atoms with Crippen LogP contribution in [0.5, 0.6) is 0 Å². The van der Waals surface area contributed by atoms with Crippen molar-refractivity contribution in [2.45, 2.75) is 37.8 Å². The van der Waals surface area contributed by atoms with Gasteiger partial charge in [-0.1, -0.05) is 0 Å². The van der Waals surface area contributed by atoms with E-state index in [0.29, 0.717) is 25.9 Å². The Morgan fingerprint density at radius 2 is 1.29 bits per heavy atom. The van der Waals surface area contributed by atoms with Crippen LogP contribution in [0.15, 0.2) is 9.98 Å². The molecule has 2 heterocycles. The van der Waals surface area contributed by atoms with Crippen LogP contribution in [0.2, 0.25) is 0 Å². The minimum absolute atomic E-state index is 0.111. The Bertz CT molecular complexity index is 581. The molecule has 8 nitrogen and oxygen atoms in total. The van der Waals surface area contributed by atoms with E-state index in [0.717, 1.165) is 25.9 Å². The maximum absolute atomic E-state index is 12.3. The molecule has 0 saturated carbocycles. The zero-order valence-corrected chi connectivity index (χ0v) is 17.4. The zero-order valence-electron chi connectivity index (χ0n) is 15.7. The lowest BCUT2D eigenvalue weighted by Crippen LogP contribution is -2.56. The van der Waals surface area contributed by atoms with Crippen molar-refractivity contribution in [3.05, 3.63) is 0 Å². The molecule has 10 heteroatoms. The van der Waals surface area contributed by atoms with Gasteiger partial charge in [-0.2, -0.15) is 0 Å². The number of thiocarbonyl (C=S) groups is 2. The lowest BCUT2D eigenvalue weighted by molar-refractivity contribution is -0.151. The SMILES string of the molecule is O=C(OCCN=C=S)C1CCNC(C2CC(C(=O)OCCN=C=S)CCN2)C1. The Kier molecular flexibility index (Phi) is 10.4. The number of piperidine rings is 2. The highest BCUT2D eigenvalue weighted by atomic mass is 32.1. The molecule has 0 aromatic rings. The summed E-state index contributed by atoms with van der Waals surface area (Å²) in [4.78, 5) is 32.0. The Labute approximate surface area is 175 Å². The fourth-order valence-electron chi connectivity index (χ4n) is 3.65. The van der Waals surface area contributed by atoms with E-state index in [1.54, 1.807) is 0 Å². The van der Waals surface area contributed by atoms with E-state index in [2.05, 4.69) is 55.4 Å². The third-order valence-corrected chi connectivity index (χ3v) is 5.31. The topological polar surface area (TPSA) is 101 Å². The van der Waals surface area contributed by atoms with Gasteiger partial charge in [-0.05, 0) is 63.2 Å². The van der Waals surface area contributed by atoms with Gasteiger partial charge in [-0.15, -0.1) is 0 Å². The number of nitrogens with zero attached hydrogens (tertiary/aromatic N) is 2. The van der Waals surface area contributed by atoms with Crippen LogP contribution in [0.4, 0.5) is 0 Å². The van der Waals surface area contributed by atoms with Crippen molar-refractivity contribution in [1.29, 1.82) is 0 Å². The molecular formula is C18H26N4O4S2. The highest BCUT2D eigenvalue weighted by Gasteiger charge is 2.36. The van der Waals surface area contributed by atoms with Crippen LogP contribution in [0, 0.1) is 11.8 Å². The molecule has 0 aliphatic carbocycles. The fraction of sp³-hybridized carbons (Fsp3) is 0.778. The molecule has 0 radical (unpaired) electrons. The molecule has 0 spiro atoms. The second-order valence-electron chi connectivity index (χ2n) is 6.84. The highest BCUT2D eigenvalue weighted by Crippen LogP contribution is 2.26. The molecule has 2 fully saturated rings. The summed E-state index contributed by atoms with van der Waals surface area (Å²) in [5, 5.41) is 11.4. The standard InChI is InChI=1S/C18H26N4O4S2/c23-17(25-7-5-19-11-27)13-1-3-21-15(9-13)16-10-14(2-4-22-16)18(24)26-8-6-20-12-28/h13-16,21-22H,1-10H2. The summed E-state index contributed by atoms with van der Waals surface area (Å²) in [5.74, 6) is -0.692. The number of carbonyl (C=O) groups is 2. The molecule has 2 saturated heterocycles. The lowest BCUT2D eigenvalue weighted by Gasteiger charge is -2.39. The number of carbonyl (C=O) groups excluding carboxylic acids is 2. The molecule has 4 atom stereocenters. The van der Waals surface area contributed by atoms with E-state index in [1.165, 1.54) is 0 Å². The minimum atomic E-state index is -0.197. The third-order valence-electron chi connectivity index (χ3n) is 5.05. The van der Waals surface area contributed by atoms with Crippen molar-refractivity contribution in [3.63, 3.8) is 0 Å². The molecule has 28 heavy (non-hydrogen) atoms. The van der Waals surface area contributed by atoms with Gasteiger partial charge >= 0.3 is 11.9 Å². The monoisotopic (exact) mass is 426 g/mol. The predicted molar refractivity (Wildman–Crippen MR) is 111 cm³/mol. The third kappa shape index (κ3) is 7.47. The van der Waals surface area contributed by atoms with Crippen molar-refractivity contribution in [2.75, 3.05) is 39.4 Å². The Hall–Kier alpha value is -1.54. The summed E-state index contributed by atoms with van der Waals surface area (Å²) >= 11 is 8.98. The van der Waals surface area contributed by atoms with Crippen LogP contribution in [-0.2, 0) is 19.1 Å². The Morgan fingerprint density at radius 1 is 0.857 bits per heavy atom. The first-order valence-corrected chi connectivity index (χ1v) is 10.3. The van der Waals surface area contributed by atoms with Crippen molar-refractivity contribution >= 4 is 46.7 Å². The zero-order chi connectivity index (χ0) is 20.2. The number of isothiocyanates is 2. The maximum atomic E-state index is 12.3. The number of ether oxygens (including phenoxy) is 2. The first-order chi connectivity index (χ1) is 13.7. The van der Waals surface area contributed by atoms with Gasteiger partial charge in [0.2, 0.25) is 0 Å². The largest absolute Gasteiger partial charge is 0.463 e. The molecule has 2 rings (SSSR count). The molecule has 2 N–H and O–H groups in total. The number of hydrogen-bond acceptors (Lipinski definition) is 10. The molecule has 2 aliphatic heterocycles. The van der Waals surface area contributed by atoms with Crippen LogP contribution in [0.1, 0.15) is 25.7 Å². The Balaban J connectivity index is 1.81. The average molecular weight is 427 g/mol. The highest BCUT2D eigenvalue weighted by molar-refractivity contribution is 7.78. The van der Waals surface area contributed by atoms with Gasteiger partial charge in [0.1, 0.15) is 13.2 Å². The second kappa shape index (κ2) is 12.8. The van der Waals surface area contributed by atoms with Gasteiger partial charge in [-0.25, -0.2) is 9.98 Å². The first-order valence-electron chi connectivity index (χ1n) is 9.53. The molecule has 4 unspecified atom stereocenters. The van der Waals surface area contributed by atoms with Gasteiger partial charge in [-0.3, -0.25) is 9.59 Å². The fourth-order valence-corrected chi connectivity index (χ4v) is 3.84. The van der Waals surface area contributed by atoms with Crippen molar-refractivity contribution in [1.82, 2.24) is 10.6 Å². The van der Waals surface area contributed by atoms with E-state index in [-0.39, 0.29) is 49.1 Å². The smallest absolute Gasteiger partial charge is 0.309 e. The van der Waals surface area contributed by atoms with Crippen LogP contribution >= 0.6 is 24.4 Å². The first kappa shape index (κ1) is 22.7. The van der Waals surface area contributed by atoms with Gasteiger partial charge in [0, 0.05) is 12.1 Å². The van der Waals surface area contributed by atoms with E-state index < -0.39 is 0 Å². The maximum Gasteiger partial charge on any atom is 0.309 e. The lowest BCUT2D eigenvalue weighted by atomic mass is 9.82. The minimum Gasteiger partial charge on any atom is -0.463 e. The number of esters is 2. The summed E-state index contributed by atoms with van der Waals surface area (Å²) in [5.41, 5.74) is 0. The average Bonchev–Trinajstić information content (AvgIpc) is 2.74. The summed E-state index contributed by atoms with van der Waals surface area (Å²) in [7, 11) is 0. The van der Waals surface area contributed by atoms with Gasteiger partial charge in [0.15, 0.2) is 0 Å². The van der Waals surface area contributed by atoms with Crippen LogP contribution < -0.4 is 10.6 Å². The number of rotatable bonds is 9. The van der Waals surface area contributed by atoms with Gasteiger partial charge in [0.25, 0.3) is 0 Å².